The number of hydrogen-bond donors (Lipinski definition) is 0. The highest BCUT2D eigenvalue weighted by Gasteiger charge is 2.49. The lowest BCUT2D eigenvalue weighted by molar-refractivity contribution is -0.206. The van der Waals surface area contributed by atoms with Gasteiger partial charge in [0, 0.05) is 6.61 Å². The maximum Gasteiger partial charge on any atom is 0.422 e. The van der Waals surface area contributed by atoms with E-state index < -0.39 is 24.6 Å². The van der Waals surface area contributed by atoms with Crippen LogP contribution in [-0.2, 0) is 4.74 Å². The Labute approximate surface area is 71.9 Å². The van der Waals surface area contributed by atoms with Gasteiger partial charge in [0.2, 0.25) is 6.17 Å². The molecule has 6 heteroatoms. The average molecular weight is 204 g/mol. The molecule has 0 aromatic carbocycles. The van der Waals surface area contributed by atoms with Gasteiger partial charge in [0.15, 0.2) is 6.17 Å². The maximum atomic E-state index is 12.8. The van der Waals surface area contributed by atoms with Crippen LogP contribution in [0.1, 0.15) is 12.8 Å². The molecule has 0 aromatic rings. The molecule has 3 atom stereocenters. The van der Waals surface area contributed by atoms with Crippen LogP contribution in [0.2, 0.25) is 0 Å². The molecule has 1 fully saturated rings. The van der Waals surface area contributed by atoms with Crippen LogP contribution in [-0.4, -0.2) is 31.2 Å². The summed E-state index contributed by atoms with van der Waals surface area (Å²) >= 11 is 0. The second-order valence-corrected chi connectivity index (χ2v) is 2.94. The molecule has 13 heavy (non-hydrogen) atoms. The minimum absolute atomic E-state index is 0.150. The van der Waals surface area contributed by atoms with Crippen LogP contribution in [0, 0.1) is 0 Å². The van der Waals surface area contributed by atoms with Gasteiger partial charge in [-0.3, -0.25) is 0 Å². The van der Waals surface area contributed by atoms with Crippen molar-refractivity contribution >= 4 is 0 Å². The van der Waals surface area contributed by atoms with Gasteiger partial charge in [0.1, 0.15) is 0 Å². The molecule has 78 valence electrons. The van der Waals surface area contributed by atoms with E-state index in [-0.39, 0.29) is 13.0 Å². The molecule has 0 N–H and O–H groups in total. The van der Waals surface area contributed by atoms with Gasteiger partial charge in [0.25, 0.3) is 0 Å². The monoisotopic (exact) mass is 204 g/mol. The molecule has 0 bridgehead atoms. The number of hydrogen-bond acceptors (Lipinski definition) is 1. The van der Waals surface area contributed by atoms with Gasteiger partial charge in [-0.25, -0.2) is 8.78 Å². The molecule has 0 saturated carbocycles. The highest BCUT2D eigenvalue weighted by Crippen LogP contribution is 2.31. The number of rotatable bonds is 2. The molecule has 0 radical (unpaired) electrons. The predicted octanol–water partition coefficient (Wildman–Crippen LogP) is 2.40. The van der Waals surface area contributed by atoms with E-state index >= 15 is 0 Å². The van der Waals surface area contributed by atoms with Gasteiger partial charge < -0.3 is 4.74 Å². The zero-order valence-electron chi connectivity index (χ0n) is 6.65. The van der Waals surface area contributed by atoms with Crippen LogP contribution in [0.4, 0.5) is 22.0 Å². The van der Waals surface area contributed by atoms with E-state index in [1.165, 1.54) is 0 Å². The molecule has 1 rings (SSSR count). The minimum Gasteiger partial charge on any atom is -0.375 e. The summed E-state index contributed by atoms with van der Waals surface area (Å²) < 4.78 is 64.8. The highest BCUT2D eigenvalue weighted by atomic mass is 19.4. The smallest absolute Gasteiger partial charge is 0.375 e. The van der Waals surface area contributed by atoms with Crippen LogP contribution in [0.5, 0.6) is 0 Å². The Hall–Kier alpha value is -0.390. The maximum absolute atomic E-state index is 12.8. The molecule has 1 aliphatic heterocycles. The summed E-state index contributed by atoms with van der Waals surface area (Å²) in [5.74, 6) is 0. The first kappa shape index (κ1) is 10.7. The fraction of sp³-hybridized carbons (Fsp3) is 1.00. The van der Waals surface area contributed by atoms with E-state index in [1.54, 1.807) is 0 Å². The summed E-state index contributed by atoms with van der Waals surface area (Å²) in [5, 5.41) is 0. The minimum atomic E-state index is -5.13. The van der Waals surface area contributed by atoms with Crippen molar-refractivity contribution in [3.8, 4) is 0 Å². The molecular formula is C7H9F5O. The lowest BCUT2D eigenvalue weighted by Gasteiger charge is -2.20. The average Bonchev–Trinajstić information content (AvgIpc) is 2.51. The lowest BCUT2D eigenvalue weighted by Crippen LogP contribution is -2.40. The van der Waals surface area contributed by atoms with Gasteiger partial charge in [-0.1, -0.05) is 0 Å². The number of alkyl halides is 5. The molecular weight excluding hydrogens is 195 g/mol. The number of halogens is 5. The molecule has 1 aliphatic rings. The fourth-order valence-corrected chi connectivity index (χ4v) is 1.22. The van der Waals surface area contributed by atoms with Crippen molar-refractivity contribution < 1.29 is 26.7 Å². The predicted molar refractivity (Wildman–Crippen MR) is 34.8 cm³/mol. The third-order valence-electron chi connectivity index (χ3n) is 1.91. The van der Waals surface area contributed by atoms with E-state index in [0.29, 0.717) is 6.42 Å². The van der Waals surface area contributed by atoms with Crippen molar-refractivity contribution in [2.45, 2.75) is 37.5 Å². The Morgan fingerprint density at radius 1 is 1.23 bits per heavy atom. The van der Waals surface area contributed by atoms with Crippen molar-refractivity contribution in [3.05, 3.63) is 0 Å². The zero-order chi connectivity index (χ0) is 10.1. The molecule has 1 heterocycles. The van der Waals surface area contributed by atoms with Crippen LogP contribution in [0.3, 0.4) is 0 Å². The van der Waals surface area contributed by atoms with Crippen molar-refractivity contribution in [2.75, 3.05) is 6.61 Å². The number of ether oxygens (including phenoxy) is 1. The third-order valence-corrected chi connectivity index (χ3v) is 1.91. The lowest BCUT2D eigenvalue weighted by atomic mass is 10.1. The van der Waals surface area contributed by atoms with E-state index in [4.69, 9.17) is 0 Å². The van der Waals surface area contributed by atoms with Gasteiger partial charge in [-0.15, -0.1) is 0 Å². The van der Waals surface area contributed by atoms with Gasteiger partial charge in [-0.05, 0) is 12.8 Å². The molecule has 1 saturated heterocycles. The zero-order valence-corrected chi connectivity index (χ0v) is 6.65. The first-order chi connectivity index (χ1) is 5.93. The normalized spacial score (nSPS) is 28.8. The largest absolute Gasteiger partial charge is 0.422 e. The second-order valence-electron chi connectivity index (χ2n) is 2.94. The molecule has 0 aromatic heterocycles. The quantitative estimate of drug-likeness (QED) is 0.627. The Bertz CT molecular complexity index is 163. The standard InChI is InChI=1S/C7H9F5O/c8-5(4-2-1-3-13-4)6(9)7(10,11)12/h4-6H,1-3H2/t4-,5-,6-/m0/s1. The Kier molecular flexibility index (Phi) is 3.10. The van der Waals surface area contributed by atoms with E-state index in [0.717, 1.165) is 0 Å². The second kappa shape index (κ2) is 3.77. The summed E-state index contributed by atoms with van der Waals surface area (Å²) in [6.07, 6.45) is -11.8. The summed E-state index contributed by atoms with van der Waals surface area (Å²) in [6, 6.07) is 0. The fourth-order valence-electron chi connectivity index (χ4n) is 1.22. The van der Waals surface area contributed by atoms with E-state index in [9.17, 15) is 22.0 Å². The van der Waals surface area contributed by atoms with Gasteiger partial charge >= 0.3 is 6.18 Å². The Balaban J connectivity index is 2.50. The van der Waals surface area contributed by atoms with Gasteiger partial charge in [0.05, 0.1) is 6.10 Å². The molecule has 0 spiro atoms. The van der Waals surface area contributed by atoms with Crippen molar-refractivity contribution in [1.29, 1.82) is 0 Å². The SMILES string of the molecule is F[C@@H]([C@@H]1CCCO1)[C@H](F)C(F)(F)F. The van der Waals surface area contributed by atoms with Crippen LogP contribution in [0.25, 0.3) is 0 Å². The van der Waals surface area contributed by atoms with E-state index in [2.05, 4.69) is 4.74 Å². The van der Waals surface area contributed by atoms with Crippen molar-refractivity contribution in [3.63, 3.8) is 0 Å². The van der Waals surface area contributed by atoms with E-state index in [1.807, 2.05) is 0 Å². The van der Waals surface area contributed by atoms with Crippen LogP contribution in [0.15, 0.2) is 0 Å². The van der Waals surface area contributed by atoms with Crippen molar-refractivity contribution in [2.24, 2.45) is 0 Å². The van der Waals surface area contributed by atoms with Crippen molar-refractivity contribution in [1.82, 2.24) is 0 Å². The molecule has 0 amide bonds. The Morgan fingerprint density at radius 3 is 2.23 bits per heavy atom. The Morgan fingerprint density at radius 2 is 1.85 bits per heavy atom. The third kappa shape index (κ3) is 2.52. The summed E-state index contributed by atoms with van der Waals surface area (Å²) in [7, 11) is 0. The van der Waals surface area contributed by atoms with Gasteiger partial charge in [-0.2, -0.15) is 13.2 Å². The summed E-state index contributed by atoms with van der Waals surface area (Å²) in [4.78, 5) is 0. The molecule has 1 nitrogen and oxygen atoms in total. The summed E-state index contributed by atoms with van der Waals surface area (Å²) in [6.45, 7) is 0.204. The molecule has 0 aliphatic carbocycles. The van der Waals surface area contributed by atoms with Crippen LogP contribution < -0.4 is 0 Å². The molecule has 0 unspecified atom stereocenters. The highest BCUT2D eigenvalue weighted by molar-refractivity contribution is 4.84. The first-order valence-electron chi connectivity index (χ1n) is 3.89. The van der Waals surface area contributed by atoms with Crippen LogP contribution >= 0.6 is 0 Å². The first-order valence-corrected chi connectivity index (χ1v) is 3.89. The topological polar surface area (TPSA) is 9.23 Å². The summed E-state index contributed by atoms with van der Waals surface area (Å²) in [5.41, 5.74) is 0.